The standard InChI is InChI=1S/C12H12N2O3/c1-7(2)11-13-9(10(15)12(16)17)8-5-3-4-6-14(8)11/h3-7H,1-2H3,(H,16,17). The second-order valence-corrected chi connectivity index (χ2v) is 4.06. The fraction of sp³-hybridized carbons (Fsp3) is 0.250. The maximum Gasteiger partial charge on any atom is 0.379 e. The third-order valence-corrected chi connectivity index (χ3v) is 2.50. The van der Waals surface area contributed by atoms with E-state index in [1.165, 1.54) is 0 Å². The molecular weight excluding hydrogens is 220 g/mol. The normalized spacial score (nSPS) is 11.0. The van der Waals surface area contributed by atoms with Crippen molar-refractivity contribution < 1.29 is 14.7 Å². The first-order chi connectivity index (χ1) is 8.02. The maximum atomic E-state index is 11.5. The van der Waals surface area contributed by atoms with E-state index in [1.807, 2.05) is 19.9 Å². The zero-order valence-electron chi connectivity index (χ0n) is 9.54. The molecule has 0 spiro atoms. The summed E-state index contributed by atoms with van der Waals surface area (Å²) in [5.74, 6) is -1.66. The molecule has 0 fully saturated rings. The van der Waals surface area contributed by atoms with Gasteiger partial charge in [0.05, 0.1) is 5.52 Å². The molecule has 2 aromatic rings. The molecule has 1 N–H and O–H groups in total. The molecule has 88 valence electrons. The van der Waals surface area contributed by atoms with E-state index in [1.54, 1.807) is 22.7 Å². The summed E-state index contributed by atoms with van der Waals surface area (Å²) in [4.78, 5) is 26.4. The zero-order valence-corrected chi connectivity index (χ0v) is 9.54. The molecule has 0 aromatic carbocycles. The SMILES string of the molecule is CC(C)c1nc(C(=O)C(=O)O)c2ccccn12. The lowest BCUT2D eigenvalue weighted by molar-refractivity contribution is -0.131. The summed E-state index contributed by atoms with van der Waals surface area (Å²) in [6.07, 6.45) is 1.77. The summed E-state index contributed by atoms with van der Waals surface area (Å²) in [7, 11) is 0. The number of hydrogen-bond acceptors (Lipinski definition) is 3. The monoisotopic (exact) mass is 232 g/mol. The van der Waals surface area contributed by atoms with Crippen LogP contribution in [0.15, 0.2) is 24.4 Å². The summed E-state index contributed by atoms with van der Waals surface area (Å²) < 4.78 is 1.75. The van der Waals surface area contributed by atoms with Gasteiger partial charge in [-0.15, -0.1) is 0 Å². The van der Waals surface area contributed by atoms with Gasteiger partial charge in [-0.1, -0.05) is 19.9 Å². The molecule has 0 aliphatic heterocycles. The van der Waals surface area contributed by atoms with E-state index in [2.05, 4.69) is 4.98 Å². The van der Waals surface area contributed by atoms with E-state index in [4.69, 9.17) is 5.11 Å². The highest BCUT2D eigenvalue weighted by Gasteiger charge is 2.23. The highest BCUT2D eigenvalue weighted by Crippen LogP contribution is 2.19. The van der Waals surface area contributed by atoms with Crippen molar-refractivity contribution >= 4 is 17.3 Å². The van der Waals surface area contributed by atoms with Crippen molar-refractivity contribution in [3.05, 3.63) is 35.9 Å². The molecule has 0 unspecified atom stereocenters. The van der Waals surface area contributed by atoms with Gasteiger partial charge in [0.1, 0.15) is 11.5 Å². The minimum absolute atomic E-state index is 0.00167. The lowest BCUT2D eigenvalue weighted by Gasteiger charge is -2.02. The summed E-state index contributed by atoms with van der Waals surface area (Å²) in [6, 6.07) is 5.25. The Labute approximate surface area is 97.7 Å². The molecule has 0 amide bonds. The molecule has 0 atom stereocenters. The van der Waals surface area contributed by atoms with E-state index in [-0.39, 0.29) is 11.6 Å². The van der Waals surface area contributed by atoms with E-state index in [0.717, 1.165) is 0 Å². The minimum Gasteiger partial charge on any atom is -0.475 e. The fourth-order valence-electron chi connectivity index (χ4n) is 1.74. The number of rotatable bonds is 3. The number of ketones is 1. The number of carboxylic acid groups (broad SMARTS) is 1. The Hall–Kier alpha value is -2.17. The number of carbonyl (C=O) groups excluding carboxylic acids is 1. The number of Topliss-reactive ketones (excluding diaryl/α,β-unsaturated/α-hetero) is 1. The molecule has 0 saturated carbocycles. The zero-order chi connectivity index (χ0) is 12.6. The van der Waals surface area contributed by atoms with Gasteiger partial charge in [-0.25, -0.2) is 9.78 Å². The first-order valence-electron chi connectivity index (χ1n) is 5.27. The summed E-state index contributed by atoms with van der Waals surface area (Å²) >= 11 is 0. The van der Waals surface area contributed by atoms with Crippen LogP contribution < -0.4 is 0 Å². The van der Waals surface area contributed by atoms with Crippen molar-refractivity contribution in [1.82, 2.24) is 9.38 Å². The van der Waals surface area contributed by atoms with Gasteiger partial charge < -0.3 is 9.51 Å². The molecule has 0 bridgehead atoms. The number of hydrogen-bond donors (Lipinski definition) is 1. The van der Waals surface area contributed by atoms with Gasteiger partial charge in [0.2, 0.25) is 0 Å². The number of pyridine rings is 1. The largest absolute Gasteiger partial charge is 0.475 e. The van der Waals surface area contributed by atoms with Crippen LogP contribution in [-0.2, 0) is 4.79 Å². The first kappa shape index (κ1) is 11.3. The lowest BCUT2D eigenvalue weighted by atomic mass is 10.2. The fourth-order valence-corrected chi connectivity index (χ4v) is 1.74. The van der Waals surface area contributed by atoms with Crippen LogP contribution in [-0.4, -0.2) is 26.2 Å². The Morgan fingerprint density at radius 3 is 2.65 bits per heavy atom. The molecule has 0 aliphatic carbocycles. The van der Waals surface area contributed by atoms with Crippen LogP contribution in [0, 0.1) is 0 Å². The third-order valence-electron chi connectivity index (χ3n) is 2.50. The predicted molar refractivity (Wildman–Crippen MR) is 61.2 cm³/mol. The highest BCUT2D eigenvalue weighted by molar-refractivity contribution is 6.40. The number of aromatic nitrogens is 2. The molecule has 5 heteroatoms. The van der Waals surface area contributed by atoms with Crippen LogP contribution in [0.4, 0.5) is 0 Å². The van der Waals surface area contributed by atoms with Gasteiger partial charge in [0.25, 0.3) is 5.78 Å². The molecule has 0 aliphatic rings. The van der Waals surface area contributed by atoms with Gasteiger partial charge in [-0.3, -0.25) is 4.79 Å². The summed E-state index contributed by atoms with van der Waals surface area (Å²) in [5.41, 5.74) is 0.533. The van der Waals surface area contributed by atoms with Crippen LogP contribution >= 0.6 is 0 Å². The molecule has 2 rings (SSSR count). The van der Waals surface area contributed by atoms with Crippen LogP contribution in [0.2, 0.25) is 0 Å². The molecule has 0 radical (unpaired) electrons. The topological polar surface area (TPSA) is 71.7 Å². The van der Waals surface area contributed by atoms with Crippen molar-refractivity contribution in [2.75, 3.05) is 0 Å². The second kappa shape index (κ2) is 4.01. The van der Waals surface area contributed by atoms with E-state index in [9.17, 15) is 9.59 Å². The first-order valence-corrected chi connectivity index (χ1v) is 5.27. The Kier molecular flexibility index (Phi) is 2.67. The van der Waals surface area contributed by atoms with Crippen LogP contribution in [0.1, 0.15) is 36.1 Å². The predicted octanol–water partition coefficient (Wildman–Crippen LogP) is 1.73. The quantitative estimate of drug-likeness (QED) is 0.646. The highest BCUT2D eigenvalue weighted by atomic mass is 16.4. The minimum atomic E-state index is -1.48. The van der Waals surface area contributed by atoms with E-state index < -0.39 is 11.8 Å². The molecular formula is C12H12N2O3. The lowest BCUT2D eigenvalue weighted by Crippen LogP contribution is -2.13. The summed E-state index contributed by atoms with van der Waals surface area (Å²) in [5, 5.41) is 8.74. The van der Waals surface area contributed by atoms with Crippen molar-refractivity contribution in [1.29, 1.82) is 0 Å². The average molecular weight is 232 g/mol. The number of imidazole rings is 1. The van der Waals surface area contributed by atoms with Crippen molar-refractivity contribution in [2.24, 2.45) is 0 Å². The number of fused-ring (bicyclic) bond motifs is 1. The van der Waals surface area contributed by atoms with E-state index >= 15 is 0 Å². The van der Waals surface area contributed by atoms with Crippen LogP contribution in [0.5, 0.6) is 0 Å². The van der Waals surface area contributed by atoms with Gasteiger partial charge >= 0.3 is 5.97 Å². The molecule has 0 saturated heterocycles. The Morgan fingerprint density at radius 2 is 2.06 bits per heavy atom. The molecule has 5 nitrogen and oxygen atoms in total. The summed E-state index contributed by atoms with van der Waals surface area (Å²) in [6.45, 7) is 3.88. The van der Waals surface area contributed by atoms with E-state index in [0.29, 0.717) is 11.3 Å². The number of aliphatic carboxylic acids is 1. The van der Waals surface area contributed by atoms with Crippen LogP contribution in [0.3, 0.4) is 0 Å². The van der Waals surface area contributed by atoms with Gasteiger partial charge in [0, 0.05) is 12.1 Å². The second-order valence-electron chi connectivity index (χ2n) is 4.06. The number of nitrogens with zero attached hydrogens (tertiary/aromatic N) is 2. The third kappa shape index (κ3) is 1.80. The Bertz CT molecular complexity index is 599. The number of carbonyl (C=O) groups is 2. The van der Waals surface area contributed by atoms with Gasteiger partial charge in [0.15, 0.2) is 0 Å². The maximum absolute atomic E-state index is 11.5. The molecule has 2 aromatic heterocycles. The van der Waals surface area contributed by atoms with Crippen LogP contribution in [0.25, 0.3) is 5.52 Å². The molecule has 17 heavy (non-hydrogen) atoms. The van der Waals surface area contributed by atoms with Gasteiger partial charge in [-0.2, -0.15) is 0 Å². The van der Waals surface area contributed by atoms with Crippen molar-refractivity contribution in [2.45, 2.75) is 19.8 Å². The molecule has 2 heterocycles. The van der Waals surface area contributed by atoms with Gasteiger partial charge in [-0.05, 0) is 12.1 Å². The number of carboxylic acids is 1. The Balaban J connectivity index is 2.73. The van der Waals surface area contributed by atoms with Crippen molar-refractivity contribution in [3.63, 3.8) is 0 Å². The smallest absolute Gasteiger partial charge is 0.379 e. The average Bonchev–Trinajstić information content (AvgIpc) is 2.67. The van der Waals surface area contributed by atoms with Crippen molar-refractivity contribution in [3.8, 4) is 0 Å². The Morgan fingerprint density at radius 1 is 1.35 bits per heavy atom.